The van der Waals surface area contributed by atoms with E-state index in [1.165, 1.54) is 40.7 Å². The predicted octanol–water partition coefficient (Wildman–Crippen LogP) is 2.63. The molecule has 0 saturated carbocycles. The van der Waals surface area contributed by atoms with E-state index in [-0.39, 0.29) is 23.0 Å². The van der Waals surface area contributed by atoms with Crippen LogP contribution in [-0.4, -0.2) is 36.6 Å². The highest BCUT2D eigenvalue weighted by atomic mass is 32.2. The predicted molar refractivity (Wildman–Crippen MR) is 99.7 cm³/mol. The van der Waals surface area contributed by atoms with Gasteiger partial charge in [-0.05, 0) is 37.1 Å². The van der Waals surface area contributed by atoms with E-state index in [0.717, 1.165) is 0 Å². The van der Waals surface area contributed by atoms with Crippen molar-refractivity contribution in [2.45, 2.75) is 17.7 Å². The average molecular weight is 389 g/mol. The summed E-state index contributed by atoms with van der Waals surface area (Å²) < 4.78 is 26.8. The summed E-state index contributed by atoms with van der Waals surface area (Å²) >= 11 is 0. The summed E-state index contributed by atoms with van der Waals surface area (Å²) in [7, 11) is -3.64. The number of hydrogen-bond acceptors (Lipinski definition) is 5. The number of carbonyl (C=O) groups is 1. The summed E-state index contributed by atoms with van der Waals surface area (Å²) in [5.74, 6) is -0.774. The number of nitro groups is 1. The van der Waals surface area contributed by atoms with Crippen molar-refractivity contribution in [3.05, 3.63) is 64.7 Å². The van der Waals surface area contributed by atoms with Gasteiger partial charge in [-0.25, -0.2) is 8.42 Å². The third kappa shape index (κ3) is 4.32. The van der Waals surface area contributed by atoms with Crippen LogP contribution in [0.4, 0.5) is 11.4 Å². The number of rotatable bonds is 5. The van der Waals surface area contributed by atoms with Crippen LogP contribution >= 0.6 is 0 Å². The van der Waals surface area contributed by atoms with Crippen LogP contribution in [-0.2, 0) is 14.8 Å². The number of anilines is 1. The Hall–Kier alpha value is -2.78. The zero-order valence-electron chi connectivity index (χ0n) is 14.4. The maximum absolute atomic E-state index is 12.7. The van der Waals surface area contributed by atoms with Gasteiger partial charge in [0.2, 0.25) is 15.9 Å². The molecule has 1 aliphatic heterocycles. The second-order valence-corrected chi connectivity index (χ2v) is 8.25. The molecule has 1 unspecified atom stereocenters. The fourth-order valence-corrected chi connectivity index (χ4v) is 4.57. The van der Waals surface area contributed by atoms with Crippen LogP contribution in [0.2, 0.25) is 0 Å². The van der Waals surface area contributed by atoms with Gasteiger partial charge >= 0.3 is 0 Å². The van der Waals surface area contributed by atoms with Crippen molar-refractivity contribution >= 4 is 27.3 Å². The number of non-ortho nitro benzene ring substituents is 1. The van der Waals surface area contributed by atoms with Gasteiger partial charge < -0.3 is 5.32 Å². The Morgan fingerprint density at radius 1 is 1.11 bits per heavy atom. The molecule has 0 aromatic heterocycles. The molecule has 1 N–H and O–H groups in total. The lowest BCUT2D eigenvalue weighted by Crippen LogP contribution is -2.43. The van der Waals surface area contributed by atoms with Crippen LogP contribution in [0.5, 0.6) is 0 Å². The summed E-state index contributed by atoms with van der Waals surface area (Å²) in [5.41, 5.74) is 0.374. The normalized spacial score (nSPS) is 18.0. The molecule has 1 fully saturated rings. The molecule has 1 heterocycles. The number of piperidine rings is 1. The Kier molecular flexibility index (Phi) is 5.52. The lowest BCUT2D eigenvalue weighted by Gasteiger charge is -2.31. The number of carbonyl (C=O) groups excluding carboxylic acids is 1. The van der Waals surface area contributed by atoms with Gasteiger partial charge in [0.15, 0.2) is 0 Å². The molecule has 3 rings (SSSR count). The van der Waals surface area contributed by atoms with E-state index in [1.54, 1.807) is 18.2 Å². The SMILES string of the molecule is O=C(Nc1ccc([N+](=O)[O-])cc1)C1CCCN(S(=O)(=O)c2ccccc2)C1. The molecule has 142 valence electrons. The number of nitrogens with zero attached hydrogens (tertiary/aromatic N) is 2. The van der Waals surface area contributed by atoms with Crippen molar-refractivity contribution in [2.24, 2.45) is 5.92 Å². The maximum atomic E-state index is 12.7. The molecule has 0 bridgehead atoms. The summed E-state index contributed by atoms with van der Waals surface area (Å²) in [6.45, 7) is 0.481. The zero-order valence-corrected chi connectivity index (χ0v) is 15.3. The second-order valence-electron chi connectivity index (χ2n) is 6.31. The molecule has 9 heteroatoms. The van der Waals surface area contributed by atoms with E-state index >= 15 is 0 Å². The number of benzene rings is 2. The lowest BCUT2D eigenvalue weighted by molar-refractivity contribution is -0.384. The Bertz CT molecular complexity index is 929. The van der Waals surface area contributed by atoms with Crippen molar-refractivity contribution in [3.63, 3.8) is 0 Å². The number of nitrogens with one attached hydrogen (secondary N) is 1. The van der Waals surface area contributed by atoms with Crippen molar-refractivity contribution < 1.29 is 18.1 Å². The molecule has 2 aromatic rings. The summed E-state index contributed by atoms with van der Waals surface area (Å²) in [6.07, 6.45) is 1.17. The van der Waals surface area contributed by atoms with Crippen LogP contribution in [0.15, 0.2) is 59.5 Å². The van der Waals surface area contributed by atoms with Crippen molar-refractivity contribution in [3.8, 4) is 0 Å². The van der Waals surface area contributed by atoms with Gasteiger partial charge in [-0.3, -0.25) is 14.9 Å². The molecule has 27 heavy (non-hydrogen) atoms. The third-order valence-electron chi connectivity index (χ3n) is 4.48. The van der Waals surface area contributed by atoms with E-state index in [0.29, 0.717) is 25.1 Å². The smallest absolute Gasteiger partial charge is 0.269 e. The summed E-state index contributed by atoms with van der Waals surface area (Å²) in [6, 6.07) is 13.7. The summed E-state index contributed by atoms with van der Waals surface area (Å²) in [4.78, 5) is 22.9. The van der Waals surface area contributed by atoms with E-state index in [9.17, 15) is 23.3 Å². The van der Waals surface area contributed by atoms with E-state index in [2.05, 4.69) is 5.32 Å². The van der Waals surface area contributed by atoms with E-state index in [4.69, 9.17) is 0 Å². The molecule has 0 radical (unpaired) electrons. The van der Waals surface area contributed by atoms with Crippen LogP contribution in [0, 0.1) is 16.0 Å². The quantitative estimate of drug-likeness (QED) is 0.624. The standard InChI is InChI=1S/C18H19N3O5S/c22-18(19-15-8-10-16(11-9-15)21(23)24)14-5-4-12-20(13-14)27(25,26)17-6-2-1-3-7-17/h1-3,6-11,14H,4-5,12-13H2,(H,19,22). The molecule has 0 aliphatic carbocycles. The maximum Gasteiger partial charge on any atom is 0.269 e. The van der Waals surface area contributed by atoms with Crippen molar-refractivity contribution in [1.82, 2.24) is 4.31 Å². The van der Waals surface area contributed by atoms with Gasteiger partial charge in [0, 0.05) is 30.9 Å². The van der Waals surface area contributed by atoms with Crippen molar-refractivity contribution in [1.29, 1.82) is 0 Å². The molecule has 2 aromatic carbocycles. The van der Waals surface area contributed by atoms with Gasteiger partial charge in [0.25, 0.3) is 5.69 Å². The molecular weight excluding hydrogens is 370 g/mol. The molecular formula is C18H19N3O5S. The second kappa shape index (κ2) is 7.85. The fraction of sp³-hybridized carbons (Fsp3) is 0.278. The molecule has 1 aliphatic rings. The molecule has 1 amide bonds. The fourth-order valence-electron chi connectivity index (χ4n) is 3.03. The molecule has 1 saturated heterocycles. The van der Waals surface area contributed by atoms with E-state index in [1.807, 2.05) is 0 Å². The van der Waals surface area contributed by atoms with Gasteiger partial charge in [-0.2, -0.15) is 4.31 Å². The number of sulfonamides is 1. The van der Waals surface area contributed by atoms with Gasteiger partial charge in [0.05, 0.1) is 15.7 Å². The Balaban J connectivity index is 1.68. The van der Waals surface area contributed by atoms with Crippen LogP contribution in [0.1, 0.15) is 12.8 Å². The Labute approximate surface area is 157 Å². The monoisotopic (exact) mass is 389 g/mol. The van der Waals surface area contributed by atoms with Gasteiger partial charge in [0.1, 0.15) is 0 Å². The van der Waals surface area contributed by atoms with E-state index < -0.39 is 20.9 Å². The Morgan fingerprint density at radius 2 is 1.78 bits per heavy atom. The van der Waals surface area contributed by atoms with Crippen LogP contribution in [0.25, 0.3) is 0 Å². The lowest BCUT2D eigenvalue weighted by atomic mass is 9.98. The van der Waals surface area contributed by atoms with Crippen LogP contribution in [0.3, 0.4) is 0 Å². The molecule has 8 nitrogen and oxygen atoms in total. The largest absolute Gasteiger partial charge is 0.326 e. The highest BCUT2D eigenvalue weighted by Gasteiger charge is 2.33. The molecule has 1 atom stereocenters. The number of hydrogen-bond donors (Lipinski definition) is 1. The number of nitro benzene ring substituents is 1. The zero-order chi connectivity index (χ0) is 19.4. The minimum Gasteiger partial charge on any atom is -0.326 e. The average Bonchev–Trinajstić information content (AvgIpc) is 2.69. The first-order valence-electron chi connectivity index (χ1n) is 8.48. The first-order chi connectivity index (χ1) is 12.9. The summed E-state index contributed by atoms with van der Waals surface area (Å²) in [5, 5.41) is 13.4. The van der Waals surface area contributed by atoms with Crippen molar-refractivity contribution in [2.75, 3.05) is 18.4 Å². The van der Waals surface area contributed by atoms with Gasteiger partial charge in [-0.15, -0.1) is 0 Å². The highest BCUT2D eigenvalue weighted by Crippen LogP contribution is 2.25. The minimum atomic E-state index is -3.64. The Morgan fingerprint density at radius 3 is 2.41 bits per heavy atom. The molecule has 0 spiro atoms. The first-order valence-corrected chi connectivity index (χ1v) is 9.92. The topological polar surface area (TPSA) is 110 Å². The minimum absolute atomic E-state index is 0.0641. The number of amides is 1. The first kappa shape index (κ1) is 19.0. The highest BCUT2D eigenvalue weighted by molar-refractivity contribution is 7.89. The van der Waals surface area contributed by atoms with Gasteiger partial charge in [-0.1, -0.05) is 18.2 Å². The van der Waals surface area contributed by atoms with Crippen LogP contribution < -0.4 is 5.32 Å². The third-order valence-corrected chi connectivity index (χ3v) is 6.36.